The molecule has 1 aromatic carbocycles. The van der Waals surface area contributed by atoms with Gasteiger partial charge in [-0.3, -0.25) is 10.1 Å². The van der Waals surface area contributed by atoms with Gasteiger partial charge in [-0.1, -0.05) is 0 Å². The molecule has 2 aromatic rings. The van der Waals surface area contributed by atoms with Gasteiger partial charge in [-0.25, -0.2) is 9.37 Å². The number of carbonyl (C=O) groups is 1. The van der Waals surface area contributed by atoms with Gasteiger partial charge < -0.3 is 5.73 Å². The molecule has 0 unspecified atom stereocenters. The number of nitrogens with one attached hydrogen (secondary N) is 1. The first kappa shape index (κ1) is 13.1. The smallest absolute Gasteiger partial charge is 0.260 e. The number of nitrogen functional groups attached to an aromatic ring is 1. The number of aryl methyl sites for hydroxylation is 1. The number of aromatic nitrogens is 1. The second-order valence-electron chi connectivity index (χ2n) is 5.01. The number of nitrogens with zero attached hydrogens (tertiary/aromatic N) is 1. The van der Waals surface area contributed by atoms with E-state index in [0.717, 1.165) is 18.5 Å². The third kappa shape index (κ3) is 2.51. The Bertz CT molecular complexity index is 679. The van der Waals surface area contributed by atoms with Crippen LogP contribution in [0.4, 0.5) is 15.2 Å². The normalized spacial score (nSPS) is 14.3. The summed E-state index contributed by atoms with van der Waals surface area (Å²) < 4.78 is 13.9. The number of hydrogen-bond acceptors (Lipinski definition) is 4. The Kier molecular flexibility index (Phi) is 3.17. The minimum absolute atomic E-state index is 0.0503. The fourth-order valence-corrected chi connectivity index (χ4v) is 2.82. The first-order valence-corrected chi connectivity index (χ1v) is 7.25. The first-order chi connectivity index (χ1) is 9.54. The van der Waals surface area contributed by atoms with E-state index in [9.17, 15) is 9.18 Å². The van der Waals surface area contributed by atoms with Crippen LogP contribution in [0.5, 0.6) is 0 Å². The highest BCUT2D eigenvalue weighted by atomic mass is 32.1. The van der Waals surface area contributed by atoms with Gasteiger partial charge in [0, 0.05) is 17.0 Å². The molecule has 1 aliphatic carbocycles. The van der Waals surface area contributed by atoms with Crippen LogP contribution in [-0.4, -0.2) is 10.9 Å². The molecule has 1 aromatic heterocycles. The SMILES string of the molecule is Cc1cc(N)cc(C(=O)Nc2nc(C3CC3)cs2)c1F. The van der Waals surface area contributed by atoms with E-state index in [4.69, 9.17) is 5.73 Å². The van der Waals surface area contributed by atoms with Gasteiger partial charge in [0.1, 0.15) is 5.82 Å². The molecule has 0 spiro atoms. The zero-order valence-electron chi connectivity index (χ0n) is 10.9. The standard InChI is InChI=1S/C14H14FN3OS/c1-7-4-9(16)5-10(12(7)15)13(19)18-14-17-11(6-20-14)8-2-3-8/h4-6,8H,2-3,16H2,1H3,(H,17,18,19). The Morgan fingerprint density at radius 3 is 2.95 bits per heavy atom. The van der Waals surface area contributed by atoms with Crippen molar-refractivity contribution in [3.63, 3.8) is 0 Å². The van der Waals surface area contributed by atoms with E-state index in [0.29, 0.717) is 22.3 Å². The summed E-state index contributed by atoms with van der Waals surface area (Å²) in [6.07, 6.45) is 2.31. The molecule has 0 atom stereocenters. The van der Waals surface area contributed by atoms with Gasteiger partial charge in [-0.2, -0.15) is 0 Å². The first-order valence-electron chi connectivity index (χ1n) is 6.37. The molecule has 1 fully saturated rings. The number of rotatable bonds is 3. The van der Waals surface area contributed by atoms with Gasteiger partial charge in [0.25, 0.3) is 5.91 Å². The van der Waals surface area contributed by atoms with Crippen molar-refractivity contribution in [2.24, 2.45) is 0 Å². The van der Waals surface area contributed by atoms with Crippen LogP contribution in [0.25, 0.3) is 0 Å². The molecule has 20 heavy (non-hydrogen) atoms. The summed E-state index contributed by atoms with van der Waals surface area (Å²) in [5.74, 6) is -0.534. The topological polar surface area (TPSA) is 68.0 Å². The maximum atomic E-state index is 13.9. The number of carbonyl (C=O) groups excluding carboxylic acids is 1. The maximum Gasteiger partial charge on any atom is 0.260 e. The zero-order chi connectivity index (χ0) is 14.3. The zero-order valence-corrected chi connectivity index (χ0v) is 11.8. The van der Waals surface area contributed by atoms with Crippen LogP contribution in [0.1, 0.15) is 40.4 Å². The lowest BCUT2D eigenvalue weighted by Gasteiger charge is -2.07. The minimum Gasteiger partial charge on any atom is -0.399 e. The number of amides is 1. The van der Waals surface area contributed by atoms with Crippen LogP contribution < -0.4 is 11.1 Å². The molecule has 6 heteroatoms. The highest BCUT2D eigenvalue weighted by Gasteiger charge is 2.26. The molecular weight excluding hydrogens is 277 g/mol. The molecule has 0 aliphatic heterocycles. The molecule has 1 aliphatic rings. The number of anilines is 2. The van der Waals surface area contributed by atoms with Gasteiger partial charge in [-0.15, -0.1) is 11.3 Å². The highest BCUT2D eigenvalue weighted by Crippen LogP contribution is 2.40. The molecule has 1 heterocycles. The molecule has 3 N–H and O–H groups in total. The average Bonchev–Trinajstić information content (AvgIpc) is 3.15. The van der Waals surface area contributed by atoms with E-state index in [-0.39, 0.29) is 5.56 Å². The number of halogens is 1. The molecule has 1 amide bonds. The van der Waals surface area contributed by atoms with Crippen molar-refractivity contribution in [2.75, 3.05) is 11.1 Å². The third-order valence-electron chi connectivity index (χ3n) is 3.26. The number of benzene rings is 1. The Balaban J connectivity index is 1.81. The lowest BCUT2D eigenvalue weighted by atomic mass is 10.1. The Morgan fingerprint density at radius 2 is 2.25 bits per heavy atom. The minimum atomic E-state index is -0.546. The molecular formula is C14H14FN3OS. The molecule has 104 valence electrons. The second kappa shape index (κ2) is 4.86. The van der Waals surface area contributed by atoms with Crippen LogP contribution >= 0.6 is 11.3 Å². The van der Waals surface area contributed by atoms with Crippen molar-refractivity contribution in [3.8, 4) is 0 Å². The van der Waals surface area contributed by atoms with Crippen LogP contribution in [0.2, 0.25) is 0 Å². The molecule has 0 saturated heterocycles. The molecule has 3 rings (SSSR count). The summed E-state index contributed by atoms with van der Waals surface area (Å²) in [5.41, 5.74) is 7.33. The number of thiazole rings is 1. The third-order valence-corrected chi connectivity index (χ3v) is 4.04. The fourth-order valence-electron chi connectivity index (χ4n) is 2.04. The Hall–Kier alpha value is -1.95. The van der Waals surface area contributed by atoms with Crippen LogP contribution in [0.3, 0.4) is 0 Å². The lowest BCUT2D eigenvalue weighted by molar-refractivity contribution is 0.102. The number of hydrogen-bond donors (Lipinski definition) is 2. The van der Waals surface area contributed by atoms with Crippen molar-refractivity contribution < 1.29 is 9.18 Å². The maximum absolute atomic E-state index is 13.9. The summed E-state index contributed by atoms with van der Waals surface area (Å²) in [5, 5.41) is 5.06. The van der Waals surface area contributed by atoms with E-state index in [2.05, 4.69) is 10.3 Å². The lowest BCUT2D eigenvalue weighted by Crippen LogP contribution is -2.15. The molecule has 0 bridgehead atoms. The molecule has 1 saturated carbocycles. The highest BCUT2D eigenvalue weighted by molar-refractivity contribution is 7.14. The van der Waals surface area contributed by atoms with Crippen molar-refractivity contribution in [1.29, 1.82) is 0 Å². The van der Waals surface area contributed by atoms with Gasteiger partial charge in [0.05, 0.1) is 11.3 Å². The van der Waals surface area contributed by atoms with Gasteiger partial charge in [0.15, 0.2) is 5.13 Å². The predicted molar refractivity (Wildman–Crippen MR) is 77.6 cm³/mol. The monoisotopic (exact) mass is 291 g/mol. The molecule has 4 nitrogen and oxygen atoms in total. The second-order valence-corrected chi connectivity index (χ2v) is 5.86. The van der Waals surface area contributed by atoms with E-state index in [1.807, 2.05) is 5.38 Å². The van der Waals surface area contributed by atoms with Crippen molar-refractivity contribution in [2.45, 2.75) is 25.7 Å². The van der Waals surface area contributed by atoms with E-state index in [1.165, 1.54) is 23.5 Å². The number of nitrogens with two attached hydrogens (primary N) is 1. The summed E-state index contributed by atoms with van der Waals surface area (Å²) in [6.45, 7) is 1.58. The quantitative estimate of drug-likeness (QED) is 0.853. The summed E-state index contributed by atoms with van der Waals surface area (Å²) >= 11 is 1.36. The van der Waals surface area contributed by atoms with Gasteiger partial charge in [0.2, 0.25) is 0 Å². The van der Waals surface area contributed by atoms with Crippen LogP contribution in [0.15, 0.2) is 17.5 Å². The Labute approximate surface area is 119 Å². The Morgan fingerprint density at radius 1 is 1.50 bits per heavy atom. The fraction of sp³-hybridized carbons (Fsp3) is 0.286. The van der Waals surface area contributed by atoms with Crippen molar-refractivity contribution >= 4 is 28.1 Å². The van der Waals surface area contributed by atoms with Crippen LogP contribution in [-0.2, 0) is 0 Å². The molecule has 0 radical (unpaired) electrons. The van der Waals surface area contributed by atoms with Crippen molar-refractivity contribution in [3.05, 3.63) is 40.2 Å². The van der Waals surface area contributed by atoms with Crippen molar-refractivity contribution in [1.82, 2.24) is 4.98 Å². The van der Waals surface area contributed by atoms with Gasteiger partial charge >= 0.3 is 0 Å². The predicted octanol–water partition coefficient (Wildman–Crippen LogP) is 3.30. The largest absolute Gasteiger partial charge is 0.399 e. The average molecular weight is 291 g/mol. The summed E-state index contributed by atoms with van der Waals surface area (Å²) in [6, 6.07) is 2.84. The van der Waals surface area contributed by atoms with Gasteiger partial charge in [-0.05, 0) is 37.5 Å². The summed E-state index contributed by atoms with van der Waals surface area (Å²) in [7, 11) is 0. The van der Waals surface area contributed by atoms with E-state index in [1.54, 1.807) is 6.92 Å². The summed E-state index contributed by atoms with van der Waals surface area (Å²) in [4.78, 5) is 16.4. The van der Waals surface area contributed by atoms with Crippen LogP contribution in [0, 0.1) is 12.7 Å². The van der Waals surface area contributed by atoms with E-state index < -0.39 is 11.7 Å². The van der Waals surface area contributed by atoms with E-state index >= 15 is 0 Å².